The summed E-state index contributed by atoms with van der Waals surface area (Å²) in [4.78, 5) is 18.5. The van der Waals surface area contributed by atoms with Crippen molar-refractivity contribution in [3.63, 3.8) is 0 Å². The number of pyridine rings is 1. The topological polar surface area (TPSA) is 42.4 Å². The summed E-state index contributed by atoms with van der Waals surface area (Å²) in [5.74, 6) is -0.329. The molecule has 20 heavy (non-hydrogen) atoms. The highest BCUT2D eigenvalue weighted by Crippen LogP contribution is 2.31. The van der Waals surface area contributed by atoms with Gasteiger partial charge < -0.3 is 9.64 Å². The van der Waals surface area contributed by atoms with Crippen LogP contribution in [0.2, 0.25) is 0 Å². The van der Waals surface area contributed by atoms with Crippen molar-refractivity contribution in [2.24, 2.45) is 0 Å². The zero-order chi connectivity index (χ0) is 14.9. The number of carbonyl (C=O) groups excluding carboxylic acids is 1. The average molecular weight is 272 g/mol. The molecule has 0 saturated heterocycles. The number of carbonyl (C=O) groups is 1. The van der Waals surface area contributed by atoms with Crippen molar-refractivity contribution >= 4 is 22.6 Å². The molecular formula is C16H20N2O2. The second-order valence-electron chi connectivity index (χ2n) is 5.11. The minimum Gasteiger partial charge on any atom is -0.462 e. The maximum atomic E-state index is 12.1. The number of nitrogens with zero attached hydrogens (tertiary/aromatic N) is 2. The minimum absolute atomic E-state index is 0.329. The van der Waals surface area contributed by atoms with Gasteiger partial charge in [-0.15, -0.1) is 0 Å². The highest BCUT2D eigenvalue weighted by atomic mass is 16.5. The number of fused-ring (bicyclic) bond motifs is 1. The molecule has 1 heterocycles. The molecule has 0 aliphatic heterocycles. The molecule has 0 saturated carbocycles. The monoisotopic (exact) mass is 272 g/mol. The molecule has 0 amide bonds. The first-order valence-corrected chi connectivity index (χ1v) is 6.70. The first-order chi connectivity index (χ1) is 9.45. The number of rotatable bonds is 3. The van der Waals surface area contributed by atoms with Crippen molar-refractivity contribution in [2.75, 3.05) is 25.6 Å². The second kappa shape index (κ2) is 5.49. The molecule has 1 aromatic heterocycles. The van der Waals surface area contributed by atoms with E-state index in [9.17, 15) is 4.79 Å². The van der Waals surface area contributed by atoms with E-state index in [0.29, 0.717) is 12.2 Å². The van der Waals surface area contributed by atoms with Gasteiger partial charge in [0.25, 0.3) is 0 Å². The zero-order valence-corrected chi connectivity index (χ0v) is 12.7. The van der Waals surface area contributed by atoms with Crippen molar-refractivity contribution in [1.82, 2.24) is 4.98 Å². The fourth-order valence-electron chi connectivity index (χ4n) is 2.49. The lowest BCUT2D eigenvalue weighted by molar-refractivity contribution is 0.0527. The van der Waals surface area contributed by atoms with Crippen LogP contribution < -0.4 is 4.90 Å². The highest BCUT2D eigenvalue weighted by Gasteiger charge is 2.18. The maximum absolute atomic E-state index is 12.1. The third-order valence-electron chi connectivity index (χ3n) is 3.22. The van der Waals surface area contributed by atoms with Crippen molar-refractivity contribution in [2.45, 2.75) is 20.8 Å². The van der Waals surface area contributed by atoms with Gasteiger partial charge in [0.15, 0.2) is 0 Å². The van der Waals surface area contributed by atoms with E-state index >= 15 is 0 Å². The standard InChI is InChI=1S/C16H20N2O2/c1-6-20-16(19)13-9-17-14-11(3)7-10(2)8-12(14)15(13)18(4)5/h7-9H,6H2,1-5H3. The average Bonchev–Trinajstić information content (AvgIpc) is 2.37. The van der Waals surface area contributed by atoms with E-state index in [4.69, 9.17) is 4.74 Å². The Morgan fingerprint density at radius 1 is 1.30 bits per heavy atom. The summed E-state index contributed by atoms with van der Waals surface area (Å²) in [6, 6.07) is 4.16. The quantitative estimate of drug-likeness (QED) is 0.805. The van der Waals surface area contributed by atoms with E-state index in [2.05, 4.69) is 17.1 Å². The van der Waals surface area contributed by atoms with E-state index in [0.717, 1.165) is 27.7 Å². The molecule has 1 aromatic carbocycles. The van der Waals surface area contributed by atoms with Gasteiger partial charge in [-0.25, -0.2) is 4.79 Å². The fraction of sp³-hybridized carbons (Fsp3) is 0.375. The van der Waals surface area contributed by atoms with Gasteiger partial charge in [0.2, 0.25) is 0 Å². The molecule has 0 N–H and O–H groups in total. The van der Waals surface area contributed by atoms with Gasteiger partial charge in [0.1, 0.15) is 5.56 Å². The lowest BCUT2D eigenvalue weighted by atomic mass is 10.0. The maximum Gasteiger partial charge on any atom is 0.341 e. The fourth-order valence-corrected chi connectivity index (χ4v) is 2.49. The lowest BCUT2D eigenvalue weighted by Gasteiger charge is -2.19. The number of ether oxygens (including phenoxy) is 1. The zero-order valence-electron chi connectivity index (χ0n) is 12.7. The molecule has 0 fully saturated rings. The Kier molecular flexibility index (Phi) is 3.93. The molecule has 0 unspecified atom stereocenters. The molecule has 0 aliphatic rings. The van der Waals surface area contributed by atoms with Crippen molar-refractivity contribution in [1.29, 1.82) is 0 Å². The van der Waals surface area contributed by atoms with Gasteiger partial charge in [-0.05, 0) is 32.4 Å². The third kappa shape index (κ3) is 2.46. The van der Waals surface area contributed by atoms with E-state index < -0.39 is 0 Å². The summed E-state index contributed by atoms with van der Waals surface area (Å²) in [5, 5.41) is 0.984. The predicted octanol–water partition coefficient (Wildman–Crippen LogP) is 3.09. The number of benzene rings is 1. The molecule has 4 heteroatoms. The molecule has 106 valence electrons. The highest BCUT2D eigenvalue weighted by molar-refractivity contribution is 6.05. The molecule has 0 bridgehead atoms. The molecule has 0 atom stereocenters. The van der Waals surface area contributed by atoms with Crippen LogP contribution in [0.25, 0.3) is 10.9 Å². The first kappa shape index (κ1) is 14.3. The van der Waals surface area contributed by atoms with Crippen LogP contribution in [0.15, 0.2) is 18.3 Å². The van der Waals surface area contributed by atoms with Gasteiger partial charge in [-0.2, -0.15) is 0 Å². The van der Waals surface area contributed by atoms with E-state index in [1.165, 1.54) is 0 Å². The Morgan fingerprint density at radius 2 is 2.00 bits per heavy atom. The van der Waals surface area contributed by atoms with Crippen LogP contribution >= 0.6 is 0 Å². The largest absolute Gasteiger partial charge is 0.462 e. The Balaban J connectivity index is 2.78. The van der Waals surface area contributed by atoms with Gasteiger partial charge in [-0.3, -0.25) is 4.98 Å². The Bertz CT molecular complexity index is 663. The molecule has 2 aromatic rings. The second-order valence-corrected chi connectivity index (χ2v) is 5.11. The smallest absolute Gasteiger partial charge is 0.341 e. The Hall–Kier alpha value is -2.10. The van der Waals surface area contributed by atoms with Gasteiger partial charge in [-0.1, -0.05) is 11.6 Å². The molecule has 0 spiro atoms. The first-order valence-electron chi connectivity index (χ1n) is 6.70. The lowest BCUT2D eigenvalue weighted by Crippen LogP contribution is -2.16. The minimum atomic E-state index is -0.329. The van der Waals surface area contributed by atoms with Crippen LogP contribution in [0.5, 0.6) is 0 Å². The molecular weight excluding hydrogens is 252 g/mol. The molecule has 2 rings (SSSR count). The van der Waals surface area contributed by atoms with Gasteiger partial charge in [0.05, 0.1) is 17.8 Å². The SMILES string of the molecule is CCOC(=O)c1cnc2c(C)cc(C)cc2c1N(C)C. The van der Waals surface area contributed by atoms with Crippen LogP contribution in [-0.4, -0.2) is 31.7 Å². The van der Waals surface area contributed by atoms with Gasteiger partial charge >= 0.3 is 5.97 Å². The van der Waals surface area contributed by atoms with Crippen LogP contribution in [0.1, 0.15) is 28.4 Å². The molecule has 0 radical (unpaired) electrons. The van der Waals surface area contributed by atoms with Crippen LogP contribution in [0.4, 0.5) is 5.69 Å². The summed E-state index contributed by atoms with van der Waals surface area (Å²) >= 11 is 0. The Labute approximate surface area is 119 Å². The summed E-state index contributed by atoms with van der Waals surface area (Å²) < 4.78 is 5.12. The summed E-state index contributed by atoms with van der Waals surface area (Å²) in [6.07, 6.45) is 1.61. The van der Waals surface area contributed by atoms with Gasteiger partial charge in [0, 0.05) is 25.7 Å². The van der Waals surface area contributed by atoms with Crippen molar-refractivity contribution < 1.29 is 9.53 Å². The number of aryl methyl sites for hydroxylation is 2. The summed E-state index contributed by atoms with van der Waals surface area (Å²) in [7, 11) is 3.85. The molecule has 0 aliphatic carbocycles. The van der Waals surface area contributed by atoms with Crippen LogP contribution in [0.3, 0.4) is 0 Å². The summed E-state index contributed by atoms with van der Waals surface area (Å²) in [5.41, 5.74) is 4.56. The number of anilines is 1. The van der Waals surface area contributed by atoms with E-state index in [1.54, 1.807) is 13.1 Å². The van der Waals surface area contributed by atoms with E-state index in [-0.39, 0.29) is 5.97 Å². The van der Waals surface area contributed by atoms with Crippen LogP contribution in [-0.2, 0) is 4.74 Å². The van der Waals surface area contributed by atoms with Crippen LogP contribution in [0, 0.1) is 13.8 Å². The number of hydrogen-bond donors (Lipinski definition) is 0. The molecule has 4 nitrogen and oxygen atoms in total. The van der Waals surface area contributed by atoms with E-state index in [1.807, 2.05) is 32.8 Å². The summed E-state index contributed by atoms with van der Waals surface area (Å²) in [6.45, 7) is 6.24. The number of esters is 1. The Morgan fingerprint density at radius 3 is 2.60 bits per heavy atom. The predicted molar refractivity (Wildman–Crippen MR) is 81.5 cm³/mol. The number of hydrogen-bond acceptors (Lipinski definition) is 4. The number of aromatic nitrogens is 1. The van der Waals surface area contributed by atoms with Crippen molar-refractivity contribution in [3.8, 4) is 0 Å². The van der Waals surface area contributed by atoms with Crippen molar-refractivity contribution in [3.05, 3.63) is 35.0 Å². The third-order valence-corrected chi connectivity index (χ3v) is 3.22. The normalized spacial score (nSPS) is 10.7.